The maximum Gasteiger partial charge on any atom is 0.319 e. The molecule has 2 saturated carbocycles. The van der Waals surface area contributed by atoms with E-state index in [1.165, 1.54) is 4.90 Å². The number of piperazine rings is 1. The zero-order chi connectivity index (χ0) is 70.9. The molecule has 2 bridgehead atoms. The number of hydrogen-bond acceptors (Lipinski definition) is 21. The van der Waals surface area contributed by atoms with Crippen molar-refractivity contribution in [3.63, 3.8) is 0 Å². The summed E-state index contributed by atoms with van der Waals surface area (Å²) in [5, 5.41) is 51.6. The molecule has 4 amide bonds. The first-order chi connectivity index (χ1) is 48.8. The number of hydrogen-bond donors (Lipinski definition) is 6. The van der Waals surface area contributed by atoms with Crippen molar-refractivity contribution in [2.45, 2.75) is 171 Å². The molecular weight excluding hydrogens is 1290 g/mol. The van der Waals surface area contributed by atoms with Gasteiger partial charge in [0.05, 0.1) is 47.4 Å². The topological polar surface area (TPSA) is 330 Å². The molecule has 3 aromatic heterocycles. The summed E-state index contributed by atoms with van der Waals surface area (Å²) in [5.41, 5.74) is 11.2. The highest BCUT2D eigenvalue weighted by Gasteiger charge is 2.52. The molecule has 2 aliphatic carbocycles. The third kappa shape index (κ3) is 17.0. The molecule has 0 radical (unpaired) electrons. The summed E-state index contributed by atoms with van der Waals surface area (Å²) in [4.78, 5) is 82.1. The number of β-amino-alcohol motifs (C(OH)–C–C–N with tert-alkyl or cyclic N) is 1. The van der Waals surface area contributed by atoms with Gasteiger partial charge in [-0.15, -0.1) is 10.2 Å². The largest absolute Gasteiger partial charge is 0.488 e. The van der Waals surface area contributed by atoms with Crippen LogP contribution in [-0.2, 0) is 35.3 Å². The molecule has 6 aromatic rings. The monoisotopic (exact) mass is 1380 g/mol. The van der Waals surface area contributed by atoms with E-state index >= 15 is 0 Å². The molecule has 2 unspecified atom stereocenters. The Bertz CT molecular complexity index is 3890. The Balaban J connectivity index is 0.568. The summed E-state index contributed by atoms with van der Waals surface area (Å²) in [6.45, 7) is 11.0. The molecule has 7 N–H and O–H groups in total. The Hall–Kier alpha value is -9.42. The summed E-state index contributed by atoms with van der Waals surface area (Å²) < 4.78 is 31.3. The van der Waals surface area contributed by atoms with Gasteiger partial charge in [0.2, 0.25) is 29.5 Å². The number of rotatable bonds is 30. The molecule has 536 valence electrons. The van der Waals surface area contributed by atoms with Crippen LogP contribution in [-0.4, -0.2) is 190 Å². The Labute approximate surface area is 589 Å². The van der Waals surface area contributed by atoms with E-state index in [0.717, 1.165) is 106 Å². The molecule has 0 spiro atoms. The molecule has 101 heavy (non-hydrogen) atoms. The number of aromatic nitrogens is 4. The van der Waals surface area contributed by atoms with Gasteiger partial charge < -0.3 is 75.0 Å². The first-order valence-corrected chi connectivity index (χ1v) is 35.6. The number of nitrogens with zero attached hydrogens (tertiary/aromatic N) is 10. The molecular formula is C75H94N14O12. The van der Waals surface area contributed by atoms with Gasteiger partial charge in [0.25, 0.3) is 5.88 Å². The van der Waals surface area contributed by atoms with Gasteiger partial charge in [0, 0.05) is 106 Å². The number of nitrogens with two attached hydrogens (primary N) is 1. The number of ether oxygens (including phenoxy) is 4. The maximum absolute atomic E-state index is 14.2. The summed E-state index contributed by atoms with van der Waals surface area (Å²) in [6, 6.07) is 30.1. The molecule has 6 aliphatic rings. The number of anilines is 4. The quantitative estimate of drug-likeness (QED) is 0.0184. The molecule has 26 heteroatoms. The van der Waals surface area contributed by atoms with Crippen LogP contribution in [0.15, 0.2) is 108 Å². The third-order valence-corrected chi connectivity index (χ3v) is 20.9. The fourth-order valence-corrected chi connectivity index (χ4v) is 14.9. The minimum atomic E-state index is -1.49. The van der Waals surface area contributed by atoms with Crippen LogP contribution >= 0.6 is 0 Å². The van der Waals surface area contributed by atoms with Crippen LogP contribution in [0.1, 0.15) is 139 Å². The first kappa shape index (κ1) is 71.4. The highest BCUT2D eigenvalue weighted by atomic mass is 16.5. The highest BCUT2D eigenvalue weighted by Crippen LogP contribution is 2.43. The lowest BCUT2D eigenvalue weighted by Gasteiger charge is -2.43. The average Bonchev–Trinajstić information content (AvgIpc) is 1.42. The Kier molecular flexibility index (Phi) is 22.7. The lowest BCUT2D eigenvalue weighted by Crippen LogP contribution is -2.55. The number of nitrogens with one attached hydrogen (secondary N) is 3. The number of piperidine rings is 1. The van der Waals surface area contributed by atoms with Crippen LogP contribution in [0.3, 0.4) is 0 Å². The van der Waals surface area contributed by atoms with Gasteiger partial charge in [-0.3, -0.25) is 28.9 Å². The van der Waals surface area contributed by atoms with Crippen LogP contribution in [0.25, 0.3) is 11.3 Å². The van der Waals surface area contributed by atoms with E-state index in [1.54, 1.807) is 42.5 Å². The number of carboxylic acid groups (broad SMARTS) is 1. The van der Waals surface area contributed by atoms with E-state index in [0.29, 0.717) is 72.6 Å². The van der Waals surface area contributed by atoms with Crippen LogP contribution in [0.2, 0.25) is 0 Å². The second kappa shape index (κ2) is 32.1. The summed E-state index contributed by atoms with van der Waals surface area (Å²) in [6.07, 6.45) is 9.83. The summed E-state index contributed by atoms with van der Waals surface area (Å²) in [7, 11) is 3.95. The molecule has 7 atom stereocenters. The molecule has 7 heterocycles. The molecule has 3 aromatic carbocycles. The smallest absolute Gasteiger partial charge is 0.319 e. The summed E-state index contributed by atoms with van der Waals surface area (Å²) >= 11 is 0. The first-order valence-electron chi connectivity index (χ1n) is 35.6. The number of pyridine rings is 1. The van der Waals surface area contributed by atoms with Crippen LogP contribution in [0.4, 0.5) is 22.9 Å². The maximum atomic E-state index is 14.2. The standard InChI is InChI=1S/C75H94N14O12/c1-46(2)68(72(93)88-44-55(90)36-63(88)71(92)79-47(3)50-18-14-48(41-76)15-19-50)65-40-67(84-101-65)97-34-33-86-31-25-56(26-32-86)99-57-37-58(38-57)100-66-35-52(24-29-78-66)89-53-22-23-54(89)43-87(42-53)62-39-61(82-83-69(62)77)59-11-6-7-13-64(59)98-45-49-16-20-51(21-17-49)80-70(91)60(12-8-9-30-85(4)5)81-73(94)75(74(95)96)27-10-28-75/h6-7,11,13-21,24,29,35,39-40,46-47,53-58,60,63,68,90H,8-10,12,22-23,25-28,30-34,36-38,42-45H2,1-5H3,(H2,77,83)(H,79,92)(H,80,91)(H,81,94)(H,95,96)/t47-,53?,54?,55+,57?,58?,60-,63-,68+/m0/s1. The molecule has 12 rings (SSSR count). The van der Waals surface area contributed by atoms with E-state index in [2.05, 4.69) is 74.1 Å². The van der Waals surface area contributed by atoms with E-state index in [4.69, 9.17) is 29.2 Å². The van der Waals surface area contributed by atoms with E-state index in [9.17, 15) is 39.4 Å². The molecule has 4 aliphatic heterocycles. The van der Waals surface area contributed by atoms with Crippen molar-refractivity contribution in [3.05, 3.63) is 126 Å². The number of benzene rings is 3. The lowest BCUT2D eigenvalue weighted by molar-refractivity contribution is -0.162. The number of amides is 4. The SMILES string of the molecule is CC(C)[C@@H](C(=O)N1C[C@H](O)C[C@H]1C(=O)N[C@@H](C)c1ccc(C#N)cc1)c1cc(OCCN2CCC(OC3CC(Oc4cc(N5C6CCC5CN(c5cc(-c7ccccc7OCc7ccc(NC(=O)[C@H](CCCCN(C)C)NC(=O)C8(C(=O)O)CCC8)cc7)nnc5N)C6)ccn4)C3)CC2)no1. The van der Waals surface area contributed by atoms with Crippen LogP contribution < -0.4 is 45.7 Å². The van der Waals surface area contributed by atoms with Gasteiger partial charge in [-0.2, -0.15) is 5.26 Å². The Morgan fingerprint density at radius 3 is 2.27 bits per heavy atom. The number of aliphatic hydroxyl groups excluding tert-OH is 1. The normalized spacial score (nSPS) is 22.0. The number of carboxylic acids is 1. The number of fused-ring (bicyclic) bond motifs is 2. The highest BCUT2D eigenvalue weighted by molar-refractivity contribution is 6.05. The van der Waals surface area contributed by atoms with Crippen molar-refractivity contribution in [1.29, 1.82) is 5.26 Å². The average molecular weight is 1380 g/mol. The number of unbranched alkanes of at least 4 members (excludes halogenated alkanes) is 1. The lowest BCUT2D eigenvalue weighted by atomic mass is 9.68. The minimum Gasteiger partial charge on any atom is -0.488 e. The zero-order valence-electron chi connectivity index (χ0n) is 58.2. The third-order valence-electron chi connectivity index (χ3n) is 20.9. The predicted molar refractivity (Wildman–Crippen MR) is 377 cm³/mol. The second-order valence-electron chi connectivity index (χ2n) is 28.6. The number of likely N-dealkylation sites (tertiary alicyclic amines) is 2. The Morgan fingerprint density at radius 1 is 0.832 bits per heavy atom. The molecule has 4 saturated heterocycles. The molecule has 6 fully saturated rings. The van der Waals surface area contributed by atoms with Gasteiger partial charge >= 0.3 is 5.97 Å². The number of carbonyl (C=O) groups is 5. The second-order valence-corrected chi connectivity index (χ2v) is 28.6. The number of nitrogen functional groups attached to an aromatic ring is 1. The van der Waals surface area contributed by atoms with Crippen molar-refractivity contribution in [2.75, 3.05) is 87.4 Å². The number of aliphatic hydroxyl groups is 1. The van der Waals surface area contributed by atoms with Crippen molar-refractivity contribution in [1.82, 2.24) is 45.7 Å². The van der Waals surface area contributed by atoms with Gasteiger partial charge in [0.1, 0.15) is 48.5 Å². The fraction of sp³-hybridized carbons (Fsp3) is 0.520. The van der Waals surface area contributed by atoms with Crippen molar-refractivity contribution < 1.29 is 57.7 Å². The van der Waals surface area contributed by atoms with Gasteiger partial charge in [-0.1, -0.05) is 56.7 Å². The Morgan fingerprint density at radius 2 is 1.57 bits per heavy atom. The number of para-hydroxylation sites is 1. The summed E-state index contributed by atoms with van der Waals surface area (Å²) in [5.74, 6) is -1.64. The zero-order valence-corrected chi connectivity index (χ0v) is 58.2. The van der Waals surface area contributed by atoms with Crippen molar-refractivity contribution in [3.8, 4) is 34.8 Å². The van der Waals surface area contributed by atoms with Crippen LogP contribution in [0.5, 0.6) is 17.5 Å². The predicted octanol–water partition coefficient (Wildman–Crippen LogP) is 7.88. The van der Waals surface area contributed by atoms with Crippen LogP contribution in [0, 0.1) is 22.7 Å². The number of nitriles is 1. The van der Waals surface area contributed by atoms with Crippen molar-refractivity contribution >= 4 is 52.5 Å². The van der Waals surface area contributed by atoms with Gasteiger partial charge in [-0.05, 0) is 156 Å². The van der Waals surface area contributed by atoms with Gasteiger partial charge in [-0.25, -0.2) is 4.98 Å². The van der Waals surface area contributed by atoms with E-state index < -0.39 is 47.3 Å². The van der Waals surface area contributed by atoms with E-state index in [-0.39, 0.29) is 92.5 Å². The fourth-order valence-electron chi connectivity index (χ4n) is 14.9. The van der Waals surface area contributed by atoms with E-state index in [1.807, 2.05) is 83.5 Å². The number of carbonyl (C=O) groups excluding carboxylic acids is 4. The number of aliphatic carboxylic acids is 1. The van der Waals surface area contributed by atoms with Crippen molar-refractivity contribution in [2.24, 2.45) is 11.3 Å². The minimum absolute atomic E-state index is 0.0111. The molecule has 26 nitrogen and oxygen atoms in total. The van der Waals surface area contributed by atoms with Gasteiger partial charge in [0.15, 0.2) is 11.6 Å².